The van der Waals surface area contributed by atoms with E-state index in [0.29, 0.717) is 0 Å². The first-order valence-corrected chi connectivity index (χ1v) is 4.65. The van der Waals surface area contributed by atoms with Crippen LogP contribution in [0.3, 0.4) is 0 Å². The molecule has 104 valence electrons. The second-order valence-electron chi connectivity index (χ2n) is 3.25. The van der Waals surface area contributed by atoms with Gasteiger partial charge in [-0.15, -0.1) is 0 Å². The Labute approximate surface area is 93.9 Å². The van der Waals surface area contributed by atoms with Crippen molar-refractivity contribution in [3.63, 3.8) is 0 Å². The van der Waals surface area contributed by atoms with Crippen LogP contribution >= 0.6 is 0 Å². The molecule has 17 heavy (non-hydrogen) atoms. The van der Waals surface area contributed by atoms with Gasteiger partial charge in [0.1, 0.15) is 0 Å². The summed E-state index contributed by atoms with van der Waals surface area (Å²) in [5, 5.41) is 0. The van der Waals surface area contributed by atoms with Gasteiger partial charge in [0.25, 0.3) is 0 Å². The second kappa shape index (κ2) is 6.41. The van der Waals surface area contributed by atoms with Gasteiger partial charge in [0.15, 0.2) is 0 Å². The van der Waals surface area contributed by atoms with E-state index in [4.69, 9.17) is 10.5 Å². The van der Waals surface area contributed by atoms with Gasteiger partial charge in [0, 0.05) is 6.54 Å². The highest BCUT2D eigenvalue weighted by molar-refractivity contribution is 4.75. The topological polar surface area (TPSA) is 44.5 Å². The van der Waals surface area contributed by atoms with E-state index in [-0.39, 0.29) is 13.2 Å². The summed E-state index contributed by atoms with van der Waals surface area (Å²) in [6.07, 6.45) is -15.2. The van der Waals surface area contributed by atoms with Crippen LogP contribution in [-0.4, -0.2) is 44.3 Å². The van der Waals surface area contributed by atoms with E-state index in [2.05, 4.69) is 4.74 Å². The highest BCUT2D eigenvalue weighted by Crippen LogP contribution is 2.35. The minimum atomic E-state index is -5.49. The van der Waals surface area contributed by atoms with Gasteiger partial charge in [-0.25, -0.2) is 0 Å². The van der Waals surface area contributed by atoms with Gasteiger partial charge < -0.3 is 15.2 Å². The Balaban J connectivity index is 4.12. The number of hydrogen-bond acceptors (Lipinski definition) is 3. The van der Waals surface area contributed by atoms with E-state index in [1.165, 1.54) is 6.92 Å². The van der Waals surface area contributed by atoms with Gasteiger partial charge in [-0.05, 0) is 6.92 Å². The lowest BCUT2D eigenvalue weighted by molar-refractivity contribution is -0.323. The molecular formula is C8H13F6NO2. The van der Waals surface area contributed by atoms with Gasteiger partial charge in [0.2, 0.25) is 6.10 Å². The molecule has 0 aliphatic carbocycles. The van der Waals surface area contributed by atoms with Crippen molar-refractivity contribution in [2.45, 2.75) is 31.5 Å². The molecule has 0 fully saturated rings. The summed E-state index contributed by atoms with van der Waals surface area (Å²) >= 11 is 0. The fourth-order valence-electron chi connectivity index (χ4n) is 0.858. The SMILES string of the molecule is CC(CN)OCCOC(C(F)(F)F)C(F)(F)F. The van der Waals surface area contributed by atoms with E-state index in [1.54, 1.807) is 0 Å². The van der Waals surface area contributed by atoms with Crippen molar-refractivity contribution < 1.29 is 35.8 Å². The standard InChI is InChI=1S/C8H13F6NO2/c1-5(4-15)16-2-3-17-6(7(9,10)11)8(12,13)14/h5-6H,2-4,15H2,1H3. The summed E-state index contributed by atoms with van der Waals surface area (Å²) in [6.45, 7) is 0.446. The molecule has 0 aromatic rings. The molecule has 0 aromatic carbocycles. The van der Waals surface area contributed by atoms with Crippen LogP contribution in [0.5, 0.6) is 0 Å². The van der Waals surface area contributed by atoms with E-state index >= 15 is 0 Å². The maximum atomic E-state index is 12.0. The van der Waals surface area contributed by atoms with Crippen molar-refractivity contribution in [1.29, 1.82) is 0 Å². The minimum absolute atomic E-state index is 0.113. The third kappa shape index (κ3) is 6.69. The molecule has 0 heterocycles. The highest BCUT2D eigenvalue weighted by Gasteiger charge is 2.57. The van der Waals surface area contributed by atoms with Crippen LogP contribution in [0.4, 0.5) is 26.3 Å². The maximum absolute atomic E-state index is 12.0. The zero-order valence-electron chi connectivity index (χ0n) is 8.94. The van der Waals surface area contributed by atoms with Crippen LogP contribution in [0.25, 0.3) is 0 Å². The van der Waals surface area contributed by atoms with Gasteiger partial charge in [-0.1, -0.05) is 0 Å². The summed E-state index contributed by atoms with van der Waals surface area (Å²) in [7, 11) is 0. The van der Waals surface area contributed by atoms with Crippen molar-refractivity contribution in [3.05, 3.63) is 0 Å². The van der Waals surface area contributed by atoms with Crippen molar-refractivity contribution in [3.8, 4) is 0 Å². The van der Waals surface area contributed by atoms with Crippen LogP contribution in [0.2, 0.25) is 0 Å². The minimum Gasteiger partial charge on any atom is -0.375 e. The number of alkyl halides is 6. The first-order valence-electron chi connectivity index (χ1n) is 4.65. The Hall–Kier alpha value is -0.540. The predicted octanol–water partition coefficient (Wildman–Crippen LogP) is 1.86. The third-order valence-corrected chi connectivity index (χ3v) is 1.70. The number of ether oxygens (including phenoxy) is 2. The first-order chi connectivity index (χ1) is 7.59. The van der Waals surface area contributed by atoms with E-state index in [9.17, 15) is 26.3 Å². The average Bonchev–Trinajstić information content (AvgIpc) is 2.12. The lowest BCUT2D eigenvalue weighted by atomic mass is 10.3. The predicted molar refractivity (Wildman–Crippen MR) is 46.3 cm³/mol. The molecule has 2 N–H and O–H groups in total. The Bertz CT molecular complexity index is 203. The Morgan fingerprint density at radius 3 is 1.71 bits per heavy atom. The Morgan fingerprint density at radius 2 is 1.35 bits per heavy atom. The second-order valence-corrected chi connectivity index (χ2v) is 3.25. The van der Waals surface area contributed by atoms with E-state index in [1.807, 2.05) is 0 Å². The van der Waals surface area contributed by atoms with Crippen LogP contribution in [0.1, 0.15) is 6.92 Å². The molecule has 3 nitrogen and oxygen atoms in total. The molecule has 9 heteroatoms. The van der Waals surface area contributed by atoms with Gasteiger partial charge in [-0.2, -0.15) is 26.3 Å². The average molecular weight is 269 g/mol. The van der Waals surface area contributed by atoms with Crippen molar-refractivity contribution in [2.24, 2.45) is 5.73 Å². The monoisotopic (exact) mass is 269 g/mol. The molecule has 0 aliphatic heterocycles. The zero-order valence-corrected chi connectivity index (χ0v) is 8.94. The first kappa shape index (κ1) is 16.5. The molecule has 0 amide bonds. The summed E-state index contributed by atoms with van der Waals surface area (Å²) in [6, 6.07) is 0. The summed E-state index contributed by atoms with van der Waals surface area (Å²) in [5.41, 5.74) is 5.13. The lowest BCUT2D eigenvalue weighted by Gasteiger charge is -2.23. The zero-order chi connectivity index (χ0) is 13.7. The van der Waals surface area contributed by atoms with E-state index in [0.717, 1.165) is 0 Å². The molecule has 1 unspecified atom stereocenters. The summed E-state index contributed by atoms with van der Waals surface area (Å²) in [5.74, 6) is 0. The number of nitrogens with two attached hydrogens (primary N) is 1. The van der Waals surface area contributed by atoms with Crippen molar-refractivity contribution >= 4 is 0 Å². The molecule has 1 atom stereocenters. The van der Waals surface area contributed by atoms with Crippen LogP contribution < -0.4 is 5.73 Å². The third-order valence-electron chi connectivity index (χ3n) is 1.70. The summed E-state index contributed by atoms with van der Waals surface area (Å²) < 4.78 is 80.3. The van der Waals surface area contributed by atoms with Gasteiger partial charge >= 0.3 is 12.4 Å². The fourth-order valence-corrected chi connectivity index (χ4v) is 0.858. The smallest absolute Gasteiger partial charge is 0.375 e. The summed E-state index contributed by atoms with van der Waals surface area (Å²) in [4.78, 5) is 0. The van der Waals surface area contributed by atoms with Crippen LogP contribution in [0.15, 0.2) is 0 Å². The molecule has 0 aliphatic rings. The molecule has 0 radical (unpaired) electrons. The largest absolute Gasteiger partial charge is 0.423 e. The van der Waals surface area contributed by atoms with Crippen LogP contribution in [0, 0.1) is 0 Å². The number of halogens is 6. The van der Waals surface area contributed by atoms with Gasteiger partial charge in [-0.3, -0.25) is 0 Å². The van der Waals surface area contributed by atoms with E-state index < -0.39 is 31.2 Å². The quantitative estimate of drug-likeness (QED) is 0.591. The van der Waals surface area contributed by atoms with Crippen molar-refractivity contribution in [1.82, 2.24) is 0 Å². The van der Waals surface area contributed by atoms with Crippen molar-refractivity contribution in [2.75, 3.05) is 19.8 Å². The molecule has 0 aromatic heterocycles. The Kier molecular flexibility index (Phi) is 6.20. The molecule has 0 saturated carbocycles. The maximum Gasteiger partial charge on any atom is 0.423 e. The molecule has 0 bridgehead atoms. The normalized spacial score (nSPS) is 15.4. The Morgan fingerprint density at radius 1 is 0.941 bits per heavy atom. The van der Waals surface area contributed by atoms with Gasteiger partial charge in [0.05, 0.1) is 19.3 Å². The highest BCUT2D eigenvalue weighted by atomic mass is 19.4. The number of rotatable bonds is 6. The van der Waals surface area contributed by atoms with Crippen LogP contribution in [-0.2, 0) is 9.47 Å². The lowest BCUT2D eigenvalue weighted by Crippen LogP contribution is -2.45. The molecule has 0 spiro atoms. The molecule has 0 rings (SSSR count). The number of hydrogen-bond donors (Lipinski definition) is 1. The molecule has 0 saturated heterocycles. The fraction of sp³-hybridized carbons (Fsp3) is 1.00. The molecular weight excluding hydrogens is 256 g/mol.